The van der Waals surface area contributed by atoms with Crippen LogP contribution < -0.4 is 0 Å². The fourth-order valence-electron chi connectivity index (χ4n) is 24.4. The highest BCUT2D eigenvalue weighted by atomic mass is 15.4. The van der Waals surface area contributed by atoms with Crippen molar-refractivity contribution in [2.75, 3.05) is 19.6 Å². The number of quaternary nitrogens is 1. The highest BCUT2D eigenvalue weighted by molar-refractivity contribution is 5.05. The predicted octanol–water partition coefficient (Wildman–Crippen LogP) is 47.6. The molecule has 0 saturated carbocycles. The van der Waals surface area contributed by atoms with Gasteiger partial charge in [0.25, 0.3) is 0 Å². The van der Waals surface area contributed by atoms with Crippen LogP contribution in [0, 0.1) is 11.3 Å². The number of hydrogen-bond donors (Lipinski definition) is 0. The van der Waals surface area contributed by atoms with E-state index in [9.17, 15) is 0 Å². The summed E-state index contributed by atoms with van der Waals surface area (Å²) in [6.45, 7) is 26.3. The van der Waals surface area contributed by atoms with Gasteiger partial charge < -0.3 is 4.48 Å². The zero-order valence-electron chi connectivity index (χ0n) is 91.6. The summed E-state index contributed by atoms with van der Waals surface area (Å²) in [6, 6.07) is 0. The maximum Gasteiger partial charge on any atom is 0.105 e. The van der Waals surface area contributed by atoms with Crippen LogP contribution in [0.1, 0.15) is 775 Å². The predicted molar refractivity (Wildman–Crippen MR) is 587 cm³/mol. The number of hydrogen-bond acceptors (Lipinski definition) is 0. The van der Waals surface area contributed by atoms with Crippen LogP contribution in [0.3, 0.4) is 0 Å². The van der Waals surface area contributed by atoms with Crippen LogP contribution in [0.2, 0.25) is 0 Å². The minimum Gasteiger partial charge on any atom is -0.318 e. The molecule has 0 aliphatic heterocycles. The molecule has 0 fully saturated rings. The van der Waals surface area contributed by atoms with Gasteiger partial charge in [0.15, 0.2) is 0 Å². The fourth-order valence-corrected chi connectivity index (χ4v) is 24.4. The first-order valence-corrected chi connectivity index (χ1v) is 62.8. The molecule has 0 bridgehead atoms. The van der Waals surface area contributed by atoms with Gasteiger partial charge in [0, 0.05) is 18.3 Å². The summed E-state index contributed by atoms with van der Waals surface area (Å²) in [7, 11) is 0. The van der Waals surface area contributed by atoms with Crippen molar-refractivity contribution in [2.45, 2.75) is 781 Å². The van der Waals surface area contributed by atoms with Crippen molar-refractivity contribution in [2.24, 2.45) is 11.3 Å². The van der Waals surface area contributed by atoms with E-state index in [2.05, 4.69) is 62.3 Å². The number of unbranched alkanes of at least 4 members (excludes halogenated alkanes) is 96. The molecule has 0 aromatic heterocycles. The Kier molecular flexibility index (Phi) is 108. The summed E-state index contributed by atoms with van der Waals surface area (Å²) >= 11 is 0. The first kappa shape index (κ1) is 127. The lowest BCUT2D eigenvalue weighted by molar-refractivity contribution is -0.987. The second-order valence-electron chi connectivity index (χ2n) is 44.7. The average molecular weight is 1790 g/mol. The summed E-state index contributed by atoms with van der Waals surface area (Å²) in [4.78, 5) is 0. The van der Waals surface area contributed by atoms with Crippen LogP contribution >= 0.6 is 0 Å². The van der Waals surface area contributed by atoms with E-state index in [1.165, 1.54) is 694 Å². The van der Waals surface area contributed by atoms with Gasteiger partial charge >= 0.3 is 0 Å². The second kappa shape index (κ2) is 108. The number of rotatable bonds is 117. The zero-order chi connectivity index (χ0) is 91.7. The maximum atomic E-state index is 2.42. The molecule has 0 aromatic carbocycles. The van der Waals surface area contributed by atoms with Gasteiger partial charge in [-0.1, -0.05) is 685 Å². The lowest BCUT2D eigenvalue weighted by Gasteiger charge is -2.65. The van der Waals surface area contributed by atoms with Crippen molar-refractivity contribution in [1.29, 1.82) is 0 Å². The van der Waals surface area contributed by atoms with Crippen molar-refractivity contribution in [3.05, 3.63) is 0 Å². The molecule has 0 aromatic rings. The first-order valence-electron chi connectivity index (χ1n) is 62.8. The van der Waals surface area contributed by atoms with E-state index < -0.39 is 0 Å². The summed E-state index contributed by atoms with van der Waals surface area (Å²) < 4.78 is 1.58. The van der Waals surface area contributed by atoms with Crippen LogP contribution in [0.15, 0.2) is 0 Å². The Labute approximate surface area is 810 Å². The molecule has 0 rings (SSSR count). The van der Waals surface area contributed by atoms with Gasteiger partial charge in [-0.15, -0.1) is 0 Å². The Hall–Kier alpha value is -0.0400. The van der Waals surface area contributed by atoms with E-state index in [1.807, 2.05) is 0 Å². The Morgan fingerprint density at radius 2 is 0.228 bits per heavy atom. The molecule has 127 heavy (non-hydrogen) atoms. The Morgan fingerprint density at radius 3 is 0.370 bits per heavy atom. The smallest absolute Gasteiger partial charge is 0.105 e. The van der Waals surface area contributed by atoms with E-state index >= 15 is 0 Å². The van der Waals surface area contributed by atoms with Gasteiger partial charge in [-0.2, -0.15) is 0 Å². The highest BCUT2D eigenvalue weighted by Gasteiger charge is 2.63. The van der Waals surface area contributed by atoms with Crippen molar-refractivity contribution in [3.63, 3.8) is 0 Å². The van der Waals surface area contributed by atoms with Gasteiger partial charge in [-0.25, -0.2) is 0 Å². The highest BCUT2D eigenvalue weighted by Crippen LogP contribution is 2.61. The third-order valence-electron chi connectivity index (χ3n) is 32.8. The van der Waals surface area contributed by atoms with Crippen LogP contribution in [0.4, 0.5) is 0 Å². The van der Waals surface area contributed by atoms with Gasteiger partial charge in [-0.05, 0) is 83.0 Å². The van der Waals surface area contributed by atoms with Crippen molar-refractivity contribution in [1.82, 2.24) is 0 Å². The Bertz CT molecular complexity index is 1830. The van der Waals surface area contributed by atoms with Crippen LogP contribution in [-0.4, -0.2) is 29.7 Å². The molecule has 0 spiro atoms. The third kappa shape index (κ3) is 81.7. The second-order valence-corrected chi connectivity index (χ2v) is 44.7. The summed E-state index contributed by atoms with van der Waals surface area (Å²) in [5.41, 5.74) is 0.737. The third-order valence-corrected chi connectivity index (χ3v) is 32.8. The summed E-state index contributed by atoms with van der Waals surface area (Å²) in [5, 5.41) is 0. The molecule has 1 nitrogen and oxygen atoms in total. The molecule has 0 saturated heterocycles. The molecule has 0 aliphatic rings. The molecule has 764 valence electrons. The molecule has 0 aliphatic carbocycles. The molecule has 0 radical (unpaired) electrons. The maximum absolute atomic E-state index is 2.42. The van der Waals surface area contributed by atoms with Gasteiger partial charge in [-0.3, -0.25) is 0 Å². The van der Waals surface area contributed by atoms with E-state index in [0.717, 1.165) is 5.92 Å². The SMILES string of the molecule is CCCCCCCCCCCCCCCCCC[N+](CCCCCCCCCCCC)(CCCCCCCCCCCCCCCCCC)C(CCCCCCCCCCCC)(CCCCCCCCCCCC)C(CCCCCCCCCCCC)(CCCCCCCCCCCC)C(CCCCCCCCCCCC)CCCCCCCCCCCCCCC. The standard InChI is InChI=1S/C126H256N/c1-10-19-28-37-46-55-64-67-69-71-74-77-86-95-104-113-122-127(121-112-103-94-85-63-54-45-36-27-18-9,123-114-105-96-87-78-75-72-70-68-65-56-47-38-29-20-11-2)126(119-110-101-92-83-61-52-43-34-25-16-7,120-111-102-93-84-62-53-44-35-26-17-8)125(117-108-99-90-81-59-50-41-32-23-14-5,118-109-100-91-82-60-51-42-33-24-15-6)124(115-106-97-88-79-58-49-40-31-22-13-4)116-107-98-89-80-76-73-66-57-48-39-30-21-12-3/h124H,10-123H2,1-9H3/q+1. The zero-order valence-corrected chi connectivity index (χ0v) is 91.6. The lowest BCUT2D eigenvalue weighted by atomic mass is 9.51. The Morgan fingerprint density at radius 1 is 0.118 bits per heavy atom. The molecular weight excluding hydrogens is 1530 g/mol. The lowest BCUT2D eigenvalue weighted by Crippen LogP contribution is -2.73. The van der Waals surface area contributed by atoms with Crippen LogP contribution in [0.25, 0.3) is 0 Å². The van der Waals surface area contributed by atoms with Crippen LogP contribution in [-0.2, 0) is 0 Å². The van der Waals surface area contributed by atoms with E-state index in [1.54, 1.807) is 43.0 Å². The largest absolute Gasteiger partial charge is 0.318 e. The summed E-state index contributed by atoms with van der Waals surface area (Å²) in [6.07, 6.45) is 165. The van der Waals surface area contributed by atoms with Crippen molar-refractivity contribution in [3.8, 4) is 0 Å². The van der Waals surface area contributed by atoms with Crippen molar-refractivity contribution >= 4 is 0 Å². The fraction of sp³-hybridized carbons (Fsp3) is 1.00. The molecule has 0 N–H and O–H groups in total. The van der Waals surface area contributed by atoms with Crippen LogP contribution in [0.5, 0.6) is 0 Å². The topological polar surface area (TPSA) is 0 Å². The monoisotopic (exact) mass is 1780 g/mol. The molecule has 0 heterocycles. The molecule has 1 unspecified atom stereocenters. The molecular formula is C126H256N+. The van der Waals surface area contributed by atoms with E-state index in [-0.39, 0.29) is 0 Å². The summed E-state index contributed by atoms with van der Waals surface area (Å²) in [5.74, 6) is 0.874. The van der Waals surface area contributed by atoms with Gasteiger partial charge in [0.1, 0.15) is 5.54 Å². The average Bonchev–Trinajstić information content (AvgIpc) is 0.710. The molecule has 1 heteroatoms. The Balaban J connectivity index is 9.33. The van der Waals surface area contributed by atoms with Gasteiger partial charge in [0.05, 0.1) is 19.6 Å². The minimum atomic E-state index is 0.343. The quantitative estimate of drug-likeness (QED) is 0.0421. The number of nitrogens with zero attached hydrogens (tertiary/aromatic N) is 1. The minimum absolute atomic E-state index is 0.343. The normalized spacial score (nSPS) is 12.5. The first-order chi connectivity index (χ1) is 62.9. The van der Waals surface area contributed by atoms with E-state index in [4.69, 9.17) is 0 Å². The van der Waals surface area contributed by atoms with Crippen molar-refractivity contribution < 1.29 is 4.48 Å². The van der Waals surface area contributed by atoms with Gasteiger partial charge in [0.2, 0.25) is 0 Å². The molecule has 1 atom stereocenters. The van der Waals surface area contributed by atoms with E-state index in [0.29, 0.717) is 11.0 Å². The molecule has 0 amide bonds.